The zero-order valence-electron chi connectivity index (χ0n) is 33.0. The topological polar surface area (TPSA) is 38.4 Å². The number of pyridine rings is 1. The highest BCUT2D eigenvalue weighted by molar-refractivity contribution is 6.22. The average molecular weight is 778 g/mol. The van der Waals surface area contributed by atoms with E-state index in [2.05, 4.69) is 208 Å². The number of allylic oxidation sites excluding steroid dienone is 4. The smallest absolute Gasteiger partial charge is 0.235 e. The van der Waals surface area contributed by atoms with Gasteiger partial charge in [-0.2, -0.15) is 0 Å². The van der Waals surface area contributed by atoms with E-state index >= 15 is 0 Å². The third-order valence-electron chi connectivity index (χ3n) is 13.3. The molecule has 0 saturated carbocycles. The molecule has 284 valence electrons. The van der Waals surface area contributed by atoms with Crippen molar-refractivity contribution in [2.45, 2.75) is 12.3 Å². The zero-order valence-corrected chi connectivity index (χ0v) is 33.0. The van der Waals surface area contributed by atoms with Crippen LogP contribution in [0.2, 0.25) is 0 Å². The van der Waals surface area contributed by atoms with Gasteiger partial charge in [0.15, 0.2) is 0 Å². The van der Waals surface area contributed by atoms with Gasteiger partial charge in [-0.05, 0) is 82.9 Å². The van der Waals surface area contributed by atoms with E-state index in [4.69, 9.17) is 9.97 Å². The van der Waals surface area contributed by atoms with Crippen molar-refractivity contribution in [2.75, 3.05) is 4.90 Å². The van der Waals surface area contributed by atoms with Crippen LogP contribution < -0.4 is 4.90 Å². The fourth-order valence-electron chi connectivity index (χ4n) is 10.7. The van der Waals surface area contributed by atoms with Gasteiger partial charge in [-0.1, -0.05) is 140 Å². The van der Waals surface area contributed by atoms with Crippen molar-refractivity contribution in [1.82, 2.24) is 18.9 Å². The summed E-state index contributed by atoms with van der Waals surface area (Å²) in [5.41, 5.74) is 16.5. The minimum Gasteiger partial charge on any atom is -0.311 e. The molecule has 0 fully saturated rings. The molecule has 1 aliphatic heterocycles. The largest absolute Gasteiger partial charge is 0.311 e. The molecule has 12 aromatic rings. The van der Waals surface area contributed by atoms with Crippen LogP contribution in [0, 0.1) is 0 Å². The van der Waals surface area contributed by atoms with E-state index in [1.165, 1.54) is 82.6 Å². The maximum absolute atomic E-state index is 5.38. The number of para-hydroxylation sites is 2. The van der Waals surface area contributed by atoms with Crippen LogP contribution >= 0.6 is 0 Å². The molecule has 0 radical (unpaired) electrons. The average Bonchev–Trinajstić information content (AvgIpc) is 4.05. The Kier molecular flexibility index (Phi) is 6.61. The van der Waals surface area contributed by atoms with Crippen molar-refractivity contribution in [3.63, 3.8) is 0 Å². The summed E-state index contributed by atoms with van der Waals surface area (Å²) in [5, 5.41) is 8.40. The minimum atomic E-state index is 0.270. The maximum Gasteiger partial charge on any atom is 0.235 e. The van der Waals surface area contributed by atoms with Gasteiger partial charge in [-0.3, -0.25) is 4.57 Å². The molecule has 1 unspecified atom stereocenters. The highest BCUT2D eigenvalue weighted by Gasteiger charge is 2.41. The Balaban J connectivity index is 1.05. The molecule has 0 N–H and O–H groups in total. The lowest BCUT2D eigenvalue weighted by Crippen LogP contribution is -2.15. The Bertz CT molecular complexity index is 3850. The van der Waals surface area contributed by atoms with Crippen LogP contribution in [0.3, 0.4) is 0 Å². The van der Waals surface area contributed by atoms with Crippen molar-refractivity contribution < 1.29 is 0 Å². The zero-order chi connectivity index (χ0) is 39.8. The fourth-order valence-corrected chi connectivity index (χ4v) is 10.7. The lowest BCUT2D eigenvalue weighted by molar-refractivity contribution is 0.822. The Hall–Kier alpha value is -8.02. The quantitative estimate of drug-likeness (QED) is 0.179. The Morgan fingerprint density at radius 2 is 1.23 bits per heavy atom. The van der Waals surface area contributed by atoms with E-state index < -0.39 is 0 Å². The van der Waals surface area contributed by atoms with Gasteiger partial charge in [-0.15, -0.1) is 0 Å². The Morgan fingerprint density at radius 1 is 0.508 bits per heavy atom. The molecule has 0 bridgehead atoms. The van der Waals surface area contributed by atoms with E-state index in [-0.39, 0.29) is 5.92 Å². The molecule has 1 atom stereocenters. The molecule has 61 heavy (non-hydrogen) atoms. The maximum atomic E-state index is 5.38. The molecule has 2 aliphatic rings. The second-order valence-corrected chi connectivity index (χ2v) is 16.5. The van der Waals surface area contributed by atoms with Crippen molar-refractivity contribution in [3.05, 3.63) is 205 Å². The van der Waals surface area contributed by atoms with Crippen LogP contribution in [0.4, 0.5) is 11.4 Å². The summed E-state index contributed by atoms with van der Waals surface area (Å²) >= 11 is 0. The van der Waals surface area contributed by atoms with Crippen molar-refractivity contribution in [1.29, 1.82) is 0 Å². The summed E-state index contributed by atoms with van der Waals surface area (Å²) in [7, 11) is 0. The van der Waals surface area contributed by atoms with Gasteiger partial charge in [0.25, 0.3) is 0 Å². The highest BCUT2D eigenvalue weighted by atomic mass is 15.2. The number of nitrogens with zero attached hydrogens (tertiary/aromatic N) is 5. The summed E-state index contributed by atoms with van der Waals surface area (Å²) in [4.78, 5) is 13.2. The van der Waals surface area contributed by atoms with E-state index in [9.17, 15) is 0 Å². The molecule has 5 nitrogen and oxygen atoms in total. The summed E-state index contributed by atoms with van der Waals surface area (Å²) in [6.45, 7) is 0. The lowest BCUT2D eigenvalue weighted by Gasteiger charge is -2.25. The molecule has 0 spiro atoms. The predicted octanol–water partition coefficient (Wildman–Crippen LogP) is 14.3. The standard InChI is InChI=1S/C56H35N5/c1-3-16-35(17-4-1)53-42-23-11-13-25-45(42)57-56(58-53)61-47-29-28-36(31-44(47)51-39-20-8-7-15-34(39)27-30-48(51)61)37-32-49-40-21-9-10-22-41(40)54-55-52(50(33-37)60(49)54)43-24-12-14-26-46(43)59(55)38-18-5-2-6-19-38/h1-23,25-33,43H,24H2. The highest BCUT2D eigenvalue weighted by Crippen LogP contribution is 2.57. The fraction of sp³-hybridized carbons (Fsp3) is 0.0357. The SMILES string of the molecule is C1=CCC2C(=C1)N(c1ccccc1)c1c2c2cc(-c3ccc4c(c3)c3c5ccccc5ccc3n4-c3nc(-c4ccccc4)c4ccccc4n3)cc3c4ccccc4c1n23. The van der Waals surface area contributed by atoms with E-state index in [0.717, 1.165) is 39.6 Å². The predicted molar refractivity (Wildman–Crippen MR) is 253 cm³/mol. The molecule has 7 aromatic carbocycles. The number of benzene rings is 7. The van der Waals surface area contributed by atoms with E-state index in [1.54, 1.807) is 0 Å². The van der Waals surface area contributed by atoms with Crippen molar-refractivity contribution in [3.8, 4) is 28.3 Å². The van der Waals surface area contributed by atoms with Gasteiger partial charge in [0.1, 0.15) is 0 Å². The number of rotatable bonds is 4. The lowest BCUT2D eigenvalue weighted by atomic mass is 9.91. The molecular weight excluding hydrogens is 743 g/mol. The van der Waals surface area contributed by atoms with E-state index in [1.807, 2.05) is 0 Å². The molecule has 14 rings (SSSR count). The number of hydrogen-bond acceptors (Lipinski definition) is 3. The molecule has 6 heterocycles. The van der Waals surface area contributed by atoms with Crippen molar-refractivity contribution >= 4 is 82.2 Å². The summed E-state index contributed by atoms with van der Waals surface area (Å²) in [6, 6.07) is 63.8. The Morgan fingerprint density at radius 3 is 2.10 bits per heavy atom. The summed E-state index contributed by atoms with van der Waals surface area (Å²) in [5.74, 6) is 0.934. The first-order valence-corrected chi connectivity index (χ1v) is 21.1. The third kappa shape index (κ3) is 4.49. The van der Waals surface area contributed by atoms with Gasteiger partial charge in [0.05, 0.1) is 44.5 Å². The third-order valence-corrected chi connectivity index (χ3v) is 13.3. The number of anilines is 2. The molecular formula is C56H35N5. The van der Waals surface area contributed by atoms with Crippen LogP contribution in [-0.4, -0.2) is 18.9 Å². The normalized spacial score (nSPS) is 15.0. The van der Waals surface area contributed by atoms with Gasteiger partial charge < -0.3 is 9.30 Å². The summed E-state index contributed by atoms with van der Waals surface area (Å²) < 4.78 is 4.82. The summed E-state index contributed by atoms with van der Waals surface area (Å²) in [6.07, 6.45) is 7.86. The van der Waals surface area contributed by atoms with Gasteiger partial charge >= 0.3 is 0 Å². The molecule has 1 aliphatic carbocycles. The van der Waals surface area contributed by atoms with Gasteiger partial charge in [0.2, 0.25) is 5.95 Å². The first-order chi connectivity index (χ1) is 30.3. The van der Waals surface area contributed by atoms with Crippen molar-refractivity contribution in [2.24, 2.45) is 0 Å². The second kappa shape index (κ2) is 12.3. The molecule has 5 heteroatoms. The first kappa shape index (κ1) is 32.9. The Labute approximate surface area is 350 Å². The van der Waals surface area contributed by atoms with Gasteiger partial charge in [0, 0.05) is 55.4 Å². The molecule has 5 aromatic heterocycles. The monoisotopic (exact) mass is 777 g/mol. The van der Waals surface area contributed by atoms with Crippen LogP contribution in [0.25, 0.3) is 99.1 Å². The molecule has 0 amide bonds. The number of aromatic nitrogens is 4. The minimum absolute atomic E-state index is 0.270. The van der Waals surface area contributed by atoms with Crippen LogP contribution in [0.5, 0.6) is 0 Å². The second-order valence-electron chi connectivity index (χ2n) is 16.5. The number of hydrogen-bond donors (Lipinski definition) is 0. The van der Waals surface area contributed by atoms with Crippen LogP contribution in [0.15, 0.2) is 200 Å². The van der Waals surface area contributed by atoms with Crippen LogP contribution in [-0.2, 0) is 0 Å². The van der Waals surface area contributed by atoms with Gasteiger partial charge in [-0.25, -0.2) is 9.97 Å². The first-order valence-electron chi connectivity index (χ1n) is 21.1. The van der Waals surface area contributed by atoms with Crippen LogP contribution in [0.1, 0.15) is 17.9 Å². The number of fused-ring (bicyclic) bond motifs is 14. The van der Waals surface area contributed by atoms with E-state index in [0.29, 0.717) is 5.95 Å². The molecule has 0 saturated heterocycles.